The minimum Gasteiger partial charge on any atom is -0.435 e. The molecule has 152 valence electrons. The normalized spacial score (nSPS) is 22.8. The SMILES string of the molecule is CN1C(=O)C2(N=C1N)c1cc(-c3cccc(OC(F)F)c3)ccc1CCC2(C)C. The van der Waals surface area contributed by atoms with E-state index in [-0.39, 0.29) is 17.6 Å². The summed E-state index contributed by atoms with van der Waals surface area (Å²) in [4.78, 5) is 19.4. The zero-order valence-electron chi connectivity index (χ0n) is 16.6. The van der Waals surface area contributed by atoms with Gasteiger partial charge in [0.05, 0.1) is 0 Å². The van der Waals surface area contributed by atoms with Crippen LogP contribution in [0, 0.1) is 5.41 Å². The number of fused-ring (bicyclic) bond motifs is 2. The first-order valence-corrected chi connectivity index (χ1v) is 9.48. The molecule has 5 nitrogen and oxygen atoms in total. The molecule has 0 aromatic heterocycles. The molecule has 0 saturated heterocycles. The number of aliphatic imine (C=N–C) groups is 1. The number of ether oxygens (including phenoxy) is 1. The van der Waals surface area contributed by atoms with Crippen LogP contribution in [0.1, 0.15) is 31.4 Å². The van der Waals surface area contributed by atoms with Crippen LogP contribution in [0.4, 0.5) is 8.78 Å². The lowest BCUT2D eigenvalue weighted by atomic mass is 9.60. The second-order valence-electron chi connectivity index (χ2n) is 8.21. The molecular weight excluding hydrogens is 376 g/mol. The molecule has 2 aromatic carbocycles. The Balaban J connectivity index is 1.87. The van der Waals surface area contributed by atoms with Gasteiger partial charge < -0.3 is 10.5 Å². The highest BCUT2D eigenvalue weighted by Crippen LogP contribution is 2.54. The summed E-state index contributed by atoms with van der Waals surface area (Å²) in [6, 6.07) is 12.4. The van der Waals surface area contributed by atoms with Crippen molar-refractivity contribution >= 4 is 11.9 Å². The zero-order chi connectivity index (χ0) is 21.0. The zero-order valence-corrected chi connectivity index (χ0v) is 16.6. The summed E-state index contributed by atoms with van der Waals surface area (Å²) in [6.45, 7) is 1.18. The maximum absolute atomic E-state index is 13.3. The van der Waals surface area contributed by atoms with E-state index in [0.29, 0.717) is 0 Å². The fraction of sp³-hybridized carbons (Fsp3) is 0.364. The summed E-state index contributed by atoms with van der Waals surface area (Å²) in [6.07, 6.45) is 1.62. The highest BCUT2D eigenvalue weighted by Gasteiger charge is 2.59. The highest BCUT2D eigenvalue weighted by molar-refractivity contribution is 6.07. The number of guanidine groups is 1. The van der Waals surface area contributed by atoms with Crippen molar-refractivity contribution < 1.29 is 18.3 Å². The third-order valence-electron chi connectivity index (χ3n) is 6.13. The van der Waals surface area contributed by atoms with Crippen LogP contribution in [0.2, 0.25) is 0 Å². The van der Waals surface area contributed by atoms with Crippen LogP contribution < -0.4 is 10.5 Å². The van der Waals surface area contributed by atoms with Gasteiger partial charge in [0.15, 0.2) is 11.5 Å². The summed E-state index contributed by atoms with van der Waals surface area (Å²) in [5, 5.41) is 0. The summed E-state index contributed by atoms with van der Waals surface area (Å²) < 4.78 is 29.7. The number of carbonyl (C=O) groups is 1. The smallest absolute Gasteiger partial charge is 0.387 e. The molecule has 1 heterocycles. The number of hydrogen-bond acceptors (Lipinski definition) is 4. The van der Waals surface area contributed by atoms with Crippen molar-refractivity contribution in [1.29, 1.82) is 0 Å². The van der Waals surface area contributed by atoms with Crippen LogP contribution in [0.5, 0.6) is 5.75 Å². The third kappa shape index (κ3) is 2.87. The average molecular weight is 399 g/mol. The molecule has 7 heteroatoms. The van der Waals surface area contributed by atoms with Gasteiger partial charge in [-0.1, -0.05) is 38.1 Å². The molecule has 2 N–H and O–H groups in total. The maximum atomic E-state index is 13.3. The van der Waals surface area contributed by atoms with Gasteiger partial charge in [-0.2, -0.15) is 8.78 Å². The van der Waals surface area contributed by atoms with Gasteiger partial charge in [0.25, 0.3) is 5.91 Å². The number of halogens is 2. The Kier molecular flexibility index (Phi) is 4.37. The number of nitrogens with zero attached hydrogens (tertiary/aromatic N) is 2. The molecule has 1 unspecified atom stereocenters. The largest absolute Gasteiger partial charge is 0.435 e. The lowest BCUT2D eigenvalue weighted by Crippen LogP contribution is -2.51. The molecule has 29 heavy (non-hydrogen) atoms. The first-order valence-electron chi connectivity index (χ1n) is 9.48. The Morgan fingerprint density at radius 1 is 1.17 bits per heavy atom. The molecule has 0 fully saturated rings. The Morgan fingerprint density at radius 3 is 2.55 bits per heavy atom. The molecule has 0 bridgehead atoms. The van der Waals surface area contributed by atoms with Crippen LogP contribution in [0.15, 0.2) is 47.5 Å². The second kappa shape index (κ2) is 6.54. The predicted molar refractivity (Wildman–Crippen MR) is 107 cm³/mol. The van der Waals surface area contributed by atoms with E-state index >= 15 is 0 Å². The van der Waals surface area contributed by atoms with E-state index in [4.69, 9.17) is 5.73 Å². The van der Waals surface area contributed by atoms with Gasteiger partial charge in [-0.15, -0.1) is 0 Å². The molecule has 2 aliphatic rings. The van der Waals surface area contributed by atoms with E-state index in [1.165, 1.54) is 11.0 Å². The number of alkyl halides is 2. The molecule has 0 saturated carbocycles. The van der Waals surface area contributed by atoms with E-state index in [1.807, 2.05) is 38.1 Å². The Morgan fingerprint density at radius 2 is 1.90 bits per heavy atom. The Bertz CT molecular complexity index is 1020. The minimum absolute atomic E-state index is 0.0872. The number of benzene rings is 2. The molecule has 4 rings (SSSR count). The van der Waals surface area contributed by atoms with E-state index in [9.17, 15) is 13.6 Å². The third-order valence-corrected chi connectivity index (χ3v) is 6.13. The van der Waals surface area contributed by atoms with Crippen LogP contribution in [0.3, 0.4) is 0 Å². The van der Waals surface area contributed by atoms with Gasteiger partial charge in [0, 0.05) is 12.5 Å². The van der Waals surface area contributed by atoms with Gasteiger partial charge in [-0.3, -0.25) is 9.69 Å². The number of likely N-dealkylation sites (N-methyl/N-ethyl adjacent to an activating group) is 1. The van der Waals surface area contributed by atoms with E-state index < -0.39 is 17.6 Å². The quantitative estimate of drug-likeness (QED) is 0.851. The van der Waals surface area contributed by atoms with Gasteiger partial charge in [0.1, 0.15) is 5.75 Å². The van der Waals surface area contributed by atoms with Gasteiger partial charge in [0.2, 0.25) is 0 Å². The number of rotatable bonds is 3. The molecule has 0 radical (unpaired) electrons. The van der Waals surface area contributed by atoms with Crippen LogP contribution in [-0.4, -0.2) is 30.4 Å². The topological polar surface area (TPSA) is 67.9 Å². The number of hydrogen-bond donors (Lipinski definition) is 1. The first-order chi connectivity index (χ1) is 13.7. The van der Waals surface area contributed by atoms with E-state index in [2.05, 4.69) is 9.73 Å². The van der Waals surface area contributed by atoms with Crippen molar-refractivity contribution in [3.8, 4) is 16.9 Å². The van der Waals surface area contributed by atoms with Gasteiger partial charge in [-0.25, -0.2) is 4.99 Å². The summed E-state index contributed by atoms with van der Waals surface area (Å²) >= 11 is 0. The summed E-state index contributed by atoms with van der Waals surface area (Å²) in [5.41, 5.74) is 7.92. The maximum Gasteiger partial charge on any atom is 0.387 e. The number of nitrogens with two attached hydrogens (primary N) is 1. The van der Waals surface area contributed by atoms with Crippen LogP contribution in [-0.2, 0) is 16.8 Å². The average Bonchev–Trinajstić information content (AvgIpc) is 2.90. The summed E-state index contributed by atoms with van der Waals surface area (Å²) in [7, 11) is 1.63. The van der Waals surface area contributed by atoms with Crippen LogP contribution in [0.25, 0.3) is 11.1 Å². The molecule has 1 spiro atoms. The van der Waals surface area contributed by atoms with Crippen molar-refractivity contribution in [2.75, 3.05) is 7.05 Å². The molecule has 1 aliphatic heterocycles. The number of amides is 1. The van der Waals surface area contributed by atoms with E-state index in [0.717, 1.165) is 35.1 Å². The summed E-state index contributed by atoms with van der Waals surface area (Å²) in [5.74, 6) is 0.144. The first kappa shape index (κ1) is 19.4. The molecule has 1 amide bonds. The van der Waals surface area contributed by atoms with Crippen molar-refractivity contribution in [1.82, 2.24) is 4.90 Å². The molecule has 1 aliphatic carbocycles. The predicted octanol–water partition coefficient (Wildman–Crippen LogP) is 3.91. The van der Waals surface area contributed by atoms with Crippen molar-refractivity contribution in [2.24, 2.45) is 16.1 Å². The monoisotopic (exact) mass is 399 g/mol. The second-order valence-corrected chi connectivity index (χ2v) is 8.21. The molecule has 1 atom stereocenters. The van der Waals surface area contributed by atoms with Gasteiger partial charge in [-0.05, 0) is 53.3 Å². The lowest BCUT2D eigenvalue weighted by Gasteiger charge is -2.45. The van der Waals surface area contributed by atoms with E-state index in [1.54, 1.807) is 19.2 Å². The van der Waals surface area contributed by atoms with Gasteiger partial charge >= 0.3 is 6.61 Å². The fourth-order valence-corrected chi connectivity index (χ4v) is 4.41. The standard InChI is InChI=1S/C22H23F2N3O2/c1-21(2)10-9-13-7-8-15(14-5-4-6-16(11-14)29-19(23)24)12-17(13)22(21)18(28)27(3)20(25)26-22/h4-8,11-12,19H,9-10H2,1-3H3,(H2,25,26). The molecule has 2 aromatic rings. The van der Waals surface area contributed by atoms with Crippen molar-refractivity contribution in [3.63, 3.8) is 0 Å². The van der Waals surface area contributed by atoms with Crippen molar-refractivity contribution in [3.05, 3.63) is 53.6 Å². The Labute approximate surface area is 168 Å². The lowest BCUT2D eigenvalue weighted by molar-refractivity contribution is -0.135. The number of aryl methyl sites for hydroxylation is 1. The van der Waals surface area contributed by atoms with Crippen molar-refractivity contribution in [2.45, 2.75) is 38.8 Å². The number of carbonyl (C=O) groups excluding carboxylic acids is 1. The Hall–Kier alpha value is -2.96. The fourth-order valence-electron chi connectivity index (χ4n) is 4.41. The highest BCUT2D eigenvalue weighted by atomic mass is 19.3. The van der Waals surface area contributed by atoms with Crippen LogP contribution >= 0.6 is 0 Å². The minimum atomic E-state index is -2.89. The molecular formula is C22H23F2N3O2.